The lowest BCUT2D eigenvalue weighted by molar-refractivity contribution is -0.118. The molecule has 9 heteroatoms. The van der Waals surface area contributed by atoms with E-state index < -0.39 is 6.04 Å². The van der Waals surface area contributed by atoms with E-state index in [9.17, 15) is 9.59 Å². The van der Waals surface area contributed by atoms with Crippen LogP contribution in [0.2, 0.25) is 0 Å². The van der Waals surface area contributed by atoms with Gasteiger partial charge in [-0.1, -0.05) is 51.3 Å². The molecule has 0 fully saturated rings. The molecule has 0 radical (unpaired) electrons. The van der Waals surface area contributed by atoms with Crippen molar-refractivity contribution in [3.05, 3.63) is 65.5 Å². The molecule has 0 bridgehead atoms. The van der Waals surface area contributed by atoms with Crippen molar-refractivity contribution in [2.75, 3.05) is 23.1 Å². The summed E-state index contributed by atoms with van der Waals surface area (Å²) in [6.07, 6.45) is 2.47. The second kappa shape index (κ2) is 14.5. The van der Waals surface area contributed by atoms with Gasteiger partial charge in [0, 0.05) is 22.2 Å². The Bertz CT molecular complexity index is 980. The minimum atomic E-state index is -0.666. The topological polar surface area (TPSA) is 97.1 Å². The SMILES string of the molecule is C.C.CSCC[C@H](NC(=O)c1cccc(N)c1)C(=O)Nc1nc(-c2ccccc2)cs1.S. The Morgan fingerprint density at radius 3 is 2.50 bits per heavy atom. The van der Waals surface area contributed by atoms with Gasteiger partial charge in [0.1, 0.15) is 6.04 Å². The third-order valence-electron chi connectivity index (χ3n) is 4.19. The van der Waals surface area contributed by atoms with Gasteiger partial charge in [0.15, 0.2) is 5.13 Å². The summed E-state index contributed by atoms with van der Waals surface area (Å²) in [6.45, 7) is 0. The molecule has 174 valence electrons. The minimum Gasteiger partial charge on any atom is -0.399 e. The second-order valence-corrected chi connectivity index (χ2v) is 8.17. The summed E-state index contributed by atoms with van der Waals surface area (Å²) >= 11 is 2.97. The smallest absolute Gasteiger partial charge is 0.252 e. The monoisotopic (exact) mass is 492 g/mol. The van der Waals surface area contributed by atoms with Crippen LogP contribution >= 0.6 is 36.6 Å². The molecule has 0 aliphatic rings. The van der Waals surface area contributed by atoms with Crippen molar-refractivity contribution in [1.82, 2.24) is 10.3 Å². The first kappa shape index (κ1) is 29.5. The fraction of sp³-hybridized carbons (Fsp3) is 0.261. The molecule has 2 aromatic carbocycles. The predicted molar refractivity (Wildman–Crippen MR) is 145 cm³/mol. The van der Waals surface area contributed by atoms with E-state index in [4.69, 9.17) is 5.73 Å². The summed E-state index contributed by atoms with van der Waals surface area (Å²) in [5.41, 5.74) is 8.46. The quantitative estimate of drug-likeness (QED) is 0.372. The maximum Gasteiger partial charge on any atom is 0.252 e. The highest BCUT2D eigenvalue weighted by Gasteiger charge is 2.22. The fourth-order valence-corrected chi connectivity index (χ4v) is 3.89. The molecule has 1 aromatic heterocycles. The third kappa shape index (κ3) is 8.22. The van der Waals surface area contributed by atoms with Crippen LogP contribution in [0.5, 0.6) is 0 Å². The minimum absolute atomic E-state index is 0. The molecule has 2 amide bonds. The maximum atomic E-state index is 12.8. The van der Waals surface area contributed by atoms with Gasteiger partial charge in [0.05, 0.1) is 5.69 Å². The van der Waals surface area contributed by atoms with Gasteiger partial charge in [-0.25, -0.2) is 4.98 Å². The van der Waals surface area contributed by atoms with E-state index in [0.717, 1.165) is 17.0 Å². The van der Waals surface area contributed by atoms with Crippen molar-refractivity contribution < 1.29 is 9.59 Å². The van der Waals surface area contributed by atoms with Crippen LogP contribution in [0.15, 0.2) is 60.0 Å². The van der Waals surface area contributed by atoms with E-state index in [0.29, 0.717) is 22.8 Å². The van der Waals surface area contributed by atoms with Gasteiger partial charge in [-0.3, -0.25) is 9.59 Å². The van der Waals surface area contributed by atoms with Crippen LogP contribution in [-0.2, 0) is 4.79 Å². The Morgan fingerprint density at radius 2 is 1.84 bits per heavy atom. The van der Waals surface area contributed by atoms with E-state index in [-0.39, 0.29) is 40.2 Å². The van der Waals surface area contributed by atoms with Crippen LogP contribution in [-0.4, -0.2) is 34.8 Å². The van der Waals surface area contributed by atoms with Gasteiger partial charge < -0.3 is 16.4 Å². The lowest BCUT2D eigenvalue weighted by atomic mass is 10.1. The molecule has 0 unspecified atom stereocenters. The average molecular weight is 493 g/mol. The number of benzene rings is 2. The van der Waals surface area contributed by atoms with E-state index in [2.05, 4.69) is 15.6 Å². The molecule has 0 spiro atoms. The zero-order valence-corrected chi connectivity index (χ0v) is 19.1. The van der Waals surface area contributed by atoms with E-state index >= 15 is 0 Å². The van der Waals surface area contributed by atoms with Crippen LogP contribution in [0, 0.1) is 0 Å². The normalized spacial score (nSPS) is 10.5. The van der Waals surface area contributed by atoms with Crippen molar-refractivity contribution in [1.29, 1.82) is 0 Å². The summed E-state index contributed by atoms with van der Waals surface area (Å²) in [7, 11) is 0. The van der Waals surface area contributed by atoms with Gasteiger partial charge in [0.2, 0.25) is 5.91 Å². The van der Waals surface area contributed by atoms with Crippen LogP contribution in [0.3, 0.4) is 0 Å². The van der Waals surface area contributed by atoms with E-state index in [1.54, 1.807) is 36.0 Å². The Balaban J connectivity index is 0.00000320. The highest BCUT2D eigenvalue weighted by Crippen LogP contribution is 2.24. The van der Waals surface area contributed by atoms with Gasteiger partial charge >= 0.3 is 0 Å². The molecule has 0 aliphatic carbocycles. The summed E-state index contributed by atoms with van der Waals surface area (Å²) in [5, 5.41) is 8.04. The van der Waals surface area contributed by atoms with Crippen LogP contribution < -0.4 is 16.4 Å². The Hall–Kier alpha value is -2.49. The van der Waals surface area contributed by atoms with E-state index in [1.165, 1.54) is 11.3 Å². The lowest BCUT2D eigenvalue weighted by Crippen LogP contribution is -2.44. The number of amides is 2. The summed E-state index contributed by atoms with van der Waals surface area (Å²) < 4.78 is 0. The molecule has 4 N–H and O–H groups in total. The highest BCUT2D eigenvalue weighted by molar-refractivity contribution is 7.98. The standard InChI is InChI=1S/C21H22N4O2S2.2CH4.H2S/c1-28-11-10-17(23-19(26)15-8-5-9-16(22)12-15)20(27)25-21-24-18(13-29-21)14-6-3-2-4-7-14;;;/h2-9,12-13,17H,10-11,22H2,1H3,(H,23,26)(H,24,25,27);2*1H4;1H2/t17-;;;/m0.../s1. The largest absolute Gasteiger partial charge is 0.399 e. The molecule has 0 saturated carbocycles. The number of nitrogens with one attached hydrogen (secondary N) is 2. The molecular weight excluding hydrogens is 460 g/mol. The number of rotatable bonds is 8. The first-order chi connectivity index (χ1) is 14.1. The zero-order valence-electron chi connectivity index (χ0n) is 16.4. The molecule has 6 nitrogen and oxygen atoms in total. The van der Waals surface area contributed by atoms with Crippen molar-refractivity contribution in [2.24, 2.45) is 0 Å². The van der Waals surface area contributed by atoms with Crippen LogP contribution in [0.25, 0.3) is 11.3 Å². The fourth-order valence-electron chi connectivity index (χ4n) is 2.69. The van der Waals surface area contributed by atoms with Crippen molar-refractivity contribution in [2.45, 2.75) is 27.3 Å². The van der Waals surface area contributed by atoms with Crippen molar-refractivity contribution >= 4 is 59.2 Å². The first-order valence-electron chi connectivity index (χ1n) is 9.04. The number of nitrogens with zero attached hydrogens (tertiary/aromatic N) is 1. The Morgan fingerprint density at radius 1 is 1.12 bits per heavy atom. The summed E-state index contributed by atoms with van der Waals surface area (Å²) in [5.74, 6) is 0.121. The lowest BCUT2D eigenvalue weighted by Gasteiger charge is -2.17. The number of thioether (sulfide) groups is 1. The molecule has 0 aliphatic heterocycles. The third-order valence-corrected chi connectivity index (χ3v) is 5.59. The number of thiazole rings is 1. The van der Waals surface area contributed by atoms with Crippen molar-refractivity contribution in [3.63, 3.8) is 0 Å². The molecule has 3 rings (SSSR count). The molecule has 1 atom stereocenters. The maximum absolute atomic E-state index is 12.8. The Kier molecular flexibility index (Phi) is 13.4. The number of anilines is 2. The van der Waals surface area contributed by atoms with Gasteiger partial charge in [0.25, 0.3) is 5.91 Å². The number of hydrogen-bond acceptors (Lipinski definition) is 6. The van der Waals surface area contributed by atoms with Gasteiger partial charge in [-0.15, -0.1) is 11.3 Å². The summed E-state index contributed by atoms with van der Waals surface area (Å²) in [6, 6.07) is 15.8. The number of nitrogen functional groups attached to an aromatic ring is 1. The van der Waals surface area contributed by atoms with Gasteiger partial charge in [-0.05, 0) is 36.6 Å². The van der Waals surface area contributed by atoms with Crippen LogP contribution in [0.4, 0.5) is 10.8 Å². The molecule has 32 heavy (non-hydrogen) atoms. The summed E-state index contributed by atoms with van der Waals surface area (Å²) in [4.78, 5) is 29.8. The molecular formula is C23H32N4O2S3. The molecule has 0 saturated heterocycles. The first-order valence-corrected chi connectivity index (χ1v) is 11.3. The molecule has 1 heterocycles. The highest BCUT2D eigenvalue weighted by atomic mass is 32.2. The average Bonchev–Trinajstić information content (AvgIpc) is 3.20. The number of aromatic nitrogens is 1. The van der Waals surface area contributed by atoms with Crippen LogP contribution in [0.1, 0.15) is 31.6 Å². The van der Waals surface area contributed by atoms with E-state index in [1.807, 2.05) is 42.0 Å². The predicted octanol–water partition coefficient (Wildman–Crippen LogP) is 5.27. The second-order valence-electron chi connectivity index (χ2n) is 6.33. The number of nitrogens with two attached hydrogens (primary N) is 1. The number of hydrogen-bond donors (Lipinski definition) is 3. The Labute approximate surface area is 205 Å². The zero-order chi connectivity index (χ0) is 20.6. The number of carbonyl (C=O) groups excluding carboxylic acids is 2. The van der Waals surface area contributed by atoms with Gasteiger partial charge in [-0.2, -0.15) is 25.3 Å². The number of carbonyl (C=O) groups is 2. The van der Waals surface area contributed by atoms with Crippen molar-refractivity contribution in [3.8, 4) is 11.3 Å². The molecule has 3 aromatic rings.